The molecule has 0 saturated heterocycles. The molecule has 0 saturated carbocycles. The van der Waals surface area contributed by atoms with Crippen molar-refractivity contribution in [2.75, 3.05) is 0 Å². The van der Waals surface area contributed by atoms with Gasteiger partial charge in [0.1, 0.15) is 23.0 Å². The third kappa shape index (κ3) is 11.5. The molecule has 2 aromatic rings. The second kappa shape index (κ2) is 19.8. The van der Waals surface area contributed by atoms with Crippen molar-refractivity contribution in [3.63, 3.8) is 0 Å². The van der Waals surface area contributed by atoms with E-state index in [0.29, 0.717) is 11.5 Å². The van der Waals surface area contributed by atoms with Gasteiger partial charge in [-0.1, -0.05) is 105 Å². The molecule has 0 aliphatic rings. The zero-order chi connectivity index (χ0) is 28.3. The number of phenols is 2. The van der Waals surface area contributed by atoms with Crippen molar-refractivity contribution in [2.24, 2.45) is 0 Å². The number of ether oxygens (including phenoxy) is 1. The number of hydrogen-bond acceptors (Lipinski definition) is 3. The van der Waals surface area contributed by atoms with Crippen molar-refractivity contribution in [1.82, 2.24) is 0 Å². The third-order valence-corrected chi connectivity index (χ3v) is 8.07. The van der Waals surface area contributed by atoms with E-state index in [9.17, 15) is 10.2 Å². The van der Waals surface area contributed by atoms with Crippen LogP contribution in [0.2, 0.25) is 0 Å². The molecule has 3 nitrogen and oxygen atoms in total. The molecular weight excluding hydrogens is 480 g/mol. The molecule has 2 N–H and O–H groups in total. The molecule has 0 atom stereocenters. The van der Waals surface area contributed by atoms with Gasteiger partial charge >= 0.3 is 0 Å². The summed E-state index contributed by atoms with van der Waals surface area (Å²) in [7, 11) is 0. The van der Waals surface area contributed by atoms with E-state index in [1.165, 1.54) is 88.2 Å². The van der Waals surface area contributed by atoms with Crippen molar-refractivity contribution in [1.29, 1.82) is 0 Å². The van der Waals surface area contributed by atoms with Crippen molar-refractivity contribution in [3.05, 3.63) is 46.5 Å². The van der Waals surface area contributed by atoms with Crippen molar-refractivity contribution >= 4 is 0 Å². The van der Waals surface area contributed by atoms with Gasteiger partial charge in [0.25, 0.3) is 0 Å². The molecule has 0 radical (unpaired) electrons. The second-order valence-electron chi connectivity index (χ2n) is 11.4. The monoisotopic (exact) mass is 538 g/mol. The summed E-state index contributed by atoms with van der Waals surface area (Å²) in [6.07, 6.45) is 22.6. The quantitative estimate of drug-likeness (QED) is 0.147. The summed E-state index contributed by atoms with van der Waals surface area (Å²) < 4.78 is 6.78. The fraction of sp³-hybridized carbons (Fsp3) is 0.667. The summed E-state index contributed by atoms with van der Waals surface area (Å²) in [5.41, 5.74) is 4.50. The topological polar surface area (TPSA) is 49.7 Å². The van der Waals surface area contributed by atoms with Gasteiger partial charge in [-0.15, -0.1) is 0 Å². The van der Waals surface area contributed by atoms with Crippen LogP contribution in [-0.4, -0.2) is 10.2 Å². The number of phenolic OH excluding ortho intramolecular Hbond substituents is 2. The minimum absolute atomic E-state index is 0.409. The largest absolute Gasteiger partial charge is 0.508 e. The van der Waals surface area contributed by atoms with Crippen LogP contribution in [-0.2, 0) is 25.7 Å². The molecule has 39 heavy (non-hydrogen) atoms. The molecule has 0 aliphatic carbocycles. The second-order valence-corrected chi connectivity index (χ2v) is 11.4. The van der Waals surface area contributed by atoms with Crippen LogP contribution in [0.25, 0.3) is 0 Å². The predicted molar refractivity (Wildman–Crippen MR) is 168 cm³/mol. The van der Waals surface area contributed by atoms with E-state index in [2.05, 4.69) is 27.7 Å². The average molecular weight is 539 g/mol. The van der Waals surface area contributed by atoms with Crippen LogP contribution < -0.4 is 4.74 Å². The van der Waals surface area contributed by atoms with Gasteiger partial charge in [-0.25, -0.2) is 0 Å². The van der Waals surface area contributed by atoms with Crippen LogP contribution in [0.3, 0.4) is 0 Å². The van der Waals surface area contributed by atoms with Gasteiger partial charge in [0.2, 0.25) is 0 Å². The Balaban J connectivity index is 2.42. The lowest BCUT2D eigenvalue weighted by Gasteiger charge is -2.21. The Kier molecular flexibility index (Phi) is 16.8. The van der Waals surface area contributed by atoms with Gasteiger partial charge < -0.3 is 14.9 Å². The van der Waals surface area contributed by atoms with Gasteiger partial charge in [0.15, 0.2) is 0 Å². The van der Waals surface area contributed by atoms with E-state index in [4.69, 9.17) is 4.74 Å². The molecule has 0 bridgehead atoms. The Morgan fingerprint density at radius 3 is 1.03 bits per heavy atom. The number of benzene rings is 2. The molecule has 2 rings (SSSR count). The van der Waals surface area contributed by atoms with Crippen LogP contribution in [0.1, 0.15) is 153 Å². The zero-order valence-electron chi connectivity index (χ0n) is 25.8. The van der Waals surface area contributed by atoms with Crippen LogP contribution in [0.15, 0.2) is 24.3 Å². The Labute approximate surface area is 240 Å². The Bertz CT molecular complexity index is 858. The van der Waals surface area contributed by atoms with Crippen LogP contribution in [0.4, 0.5) is 0 Å². The number of aromatic hydroxyl groups is 2. The average Bonchev–Trinajstić information content (AvgIpc) is 2.93. The van der Waals surface area contributed by atoms with Crippen LogP contribution >= 0.6 is 0 Å². The molecule has 0 fully saturated rings. The smallest absolute Gasteiger partial charge is 0.131 e. The highest BCUT2D eigenvalue weighted by Gasteiger charge is 2.19. The predicted octanol–water partition coefficient (Wildman–Crippen LogP) is 11.4. The maximum absolute atomic E-state index is 10.9. The molecule has 0 heterocycles. The first kappa shape index (κ1) is 33.0. The zero-order valence-corrected chi connectivity index (χ0v) is 25.8. The molecule has 0 aliphatic heterocycles. The van der Waals surface area contributed by atoms with E-state index >= 15 is 0 Å². The van der Waals surface area contributed by atoms with E-state index < -0.39 is 0 Å². The molecule has 0 spiro atoms. The van der Waals surface area contributed by atoms with Gasteiger partial charge in [-0.2, -0.15) is 0 Å². The highest BCUT2D eigenvalue weighted by molar-refractivity contribution is 5.53. The number of unbranched alkanes of at least 4 members (excludes halogenated alkanes) is 12. The standard InChI is InChI=1S/C36H58O3/c1-5-9-13-17-21-29-31(23-19-15-11-7-3)35(27-25-33(29)37)39-36-28-26-34(38)30(22-18-14-10-6-2)32(36)24-20-16-12-8-4/h25-28,37-38H,5-24H2,1-4H3. The third-order valence-electron chi connectivity index (χ3n) is 8.07. The van der Waals surface area contributed by atoms with Gasteiger partial charge in [-0.3, -0.25) is 0 Å². The first-order chi connectivity index (χ1) is 19.1. The molecule has 220 valence electrons. The first-order valence-electron chi connectivity index (χ1n) is 16.4. The van der Waals surface area contributed by atoms with E-state index in [0.717, 1.165) is 74.0 Å². The van der Waals surface area contributed by atoms with E-state index in [-0.39, 0.29) is 0 Å². The van der Waals surface area contributed by atoms with Crippen LogP contribution in [0, 0.1) is 0 Å². The fourth-order valence-corrected chi connectivity index (χ4v) is 5.65. The lowest BCUT2D eigenvalue weighted by molar-refractivity contribution is 0.439. The molecular formula is C36H58O3. The van der Waals surface area contributed by atoms with E-state index in [1.807, 2.05) is 24.3 Å². The molecule has 0 aromatic heterocycles. The Hall–Kier alpha value is -2.16. The minimum Gasteiger partial charge on any atom is -0.508 e. The van der Waals surface area contributed by atoms with Crippen LogP contribution in [0.5, 0.6) is 23.0 Å². The lowest BCUT2D eigenvalue weighted by Crippen LogP contribution is -2.04. The normalized spacial score (nSPS) is 11.3. The first-order valence-corrected chi connectivity index (χ1v) is 16.4. The van der Waals surface area contributed by atoms with Crippen molar-refractivity contribution in [3.8, 4) is 23.0 Å². The molecule has 3 heteroatoms. The molecule has 0 unspecified atom stereocenters. The summed E-state index contributed by atoms with van der Waals surface area (Å²) in [4.78, 5) is 0. The van der Waals surface area contributed by atoms with E-state index in [1.54, 1.807) is 0 Å². The summed E-state index contributed by atoms with van der Waals surface area (Å²) in [6, 6.07) is 7.59. The molecule has 0 amide bonds. The number of hydrogen-bond donors (Lipinski definition) is 2. The fourth-order valence-electron chi connectivity index (χ4n) is 5.65. The highest BCUT2D eigenvalue weighted by Crippen LogP contribution is 2.39. The molecule has 2 aromatic carbocycles. The summed E-state index contributed by atoms with van der Waals surface area (Å²) in [6.45, 7) is 8.96. The summed E-state index contributed by atoms with van der Waals surface area (Å²) >= 11 is 0. The van der Waals surface area contributed by atoms with Gasteiger partial charge in [0, 0.05) is 22.3 Å². The maximum Gasteiger partial charge on any atom is 0.131 e. The number of rotatable bonds is 22. The Morgan fingerprint density at radius 1 is 0.410 bits per heavy atom. The SMILES string of the molecule is CCCCCCc1c(O)ccc(Oc2ccc(O)c(CCCCCC)c2CCCCCC)c1CCCCCC. The Morgan fingerprint density at radius 2 is 0.718 bits per heavy atom. The minimum atomic E-state index is 0.409. The van der Waals surface area contributed by atoms with Gasteiger partial charge in [0.05, 0.1) is 0 Å². The van der Waals surface area contributed by atoms with Crippen molar-refractivity contribution in [2.45, 2.75) is 156 Å². The van der Waals surface area contributed by atoms with Crippen molar-refractivity contribution < 1.29 is 14.9 Å². The summed E-state index contributed by atoms with van der Waals surface area (Å²) in [5.74, 6) is 2.58. The highest BCUT2D eigenvalue weighted by atomic mass is 16.5. The lowest BCUT2D eigenvalue weighted by atomic mass is 9.94. The van der Waals surface area contributed by atoms with Gasteiger partial charge in [-0.05, 0) is 75.6 Å². The maximum atomic E-state index is 10.9. The summed E-state index contributed by atoms with van der Waals surface area (Å²) in [5, 5.41) is 21.8.